The SMILES string of the molecule is COc1c(N2CC(CNC3CC3)[C@H](F)C2)c(F)cc2c(=O)c(C(=O)O)cn(CCF)c12.Cl. The van der Waals surface area contributed by atoms with Crippen molar-refractivity contribution in [1.82, 2.24) is 9.88 Å². The standard InChI is InChI=1S/C21H24F3N3O4.ClH/c1-31-20-17-13(19(28)14(21(29)30)9-26(17)5-4-22)6-15(23)18(20)27-8-11(16(24)10-27)7-25-12-2-3-12;/h6,9,11-12,16,25H,2-5,7-8,10H2,1H3,(H,29,30);1H/t11?,16-;/m1./s1. The number of aromatic nitrogens is 1. The van der Waals surface area contributed by atoms with Gasteiger partial charge in [-0.15, -0.1) is 12.4 Å². The highest BCUT2D eigenvalue weighted by atomic mass is 35.5. The summed E-state index contributed by atoms with van der Waals surface area (Å²) in [5.74, 6) is -2.68. The molecule has 7 nitrogen and oxygen atoms in total. The van der Waals surface area contributed by atoms with Crippen LogP contribution in [-0.4, -0.2) is 61.3 Å². The minimum Gasteiger partial charge on any atom is -0.492 e. The fourth-order valence-corrected chi connectivity index (χ4v) is 4.21. The van der Waals surface area contributed by atoms with Crippen LogP contribution < -0.4 is 20.4 Å². The zero-order valence-corrected chi connectivity index (χ0v) is 18.3. The molecule has 1 aliphatic heterocycles. The second kappa shape index (κ2) is 9.58. The number of alkyl halides is 2. The second-order valence-corrected chi connectivity index (χ2v) is 8.06. The third-order valence-corrected chi connectivity index (χ3v) is 5.93. The number of rotatable bonds is 8. The fourth-order valence-electron chi connectivity index (χ4n) is 4.21. The number of fused-ring (bicyclic) bond motifs is 1. The summed E-state index contributed by atoms with van der Waals surface area (Å²) < 4.78 is 49.7. The Bertz CT molecular complexity index is 1080. The van der Waals surface area contributed by atoms with E-state index in [9.17, 15) is 23.5 Å². The summed E-state index contributed by atoms with van der Waals surface area (Å²) in [6, 6.07) is 1.35. The lowest BCUT2D eigenvalue weighted by Crippen LogP contribution is -2.30. The first-order chi connectivity index (χ1) is 14.8. The van der Waals surface area contributed by atoms with Crippen LogP contribution in [0.2, 0.25) is 0 Å². The molecule has 2 aromatic rings. The van der Waals surface area contributed by atoms with Gasteiger partial charge in [0, 0.05) is 37.8 Å². The average molecular weight is 476 g/mol. The highest BCUT2D eigenvalue weighted by Crippen LogP contribution is 2.40. The Labute approximate surface area is 188 Å². The summed E-state index contributed by atoms with van der Waals surface area (Å²) >= 11 is 0. The van der Waals surface area contributed by atoms with Crippen LogP contribution in [0, 0.1) is 11.7 Å². The first-order valence-corrected chi connectivity index (χ1v) is 10.2. The Hall–Kier alpha value is -2.46. The van der Waals surface area contributed by atoms with Crippen LogP contribution in [0.4, 0.5) is 18.9 Å². The lowest BCUT2D eigenvalue weighted by molar-refractivity contribution is 0.0694. The Morgan fingerprint density at radius 2 is 2.06 bits per heavy atom. The van der Waals surface area contributed by atoms with Gasteiger partial charge in [-0.1, -0.05) is 0 Å². The summed E-state index contributed by atoms with van der Waals surface area (Å²) in [4.78, 5) is 25.6. The molecule has 1 saturated carbocycles. The normalized spacial score (nSPS) is 20.4. The number of carboxylic acid groups (broad SMARTS) is 1. The van der Waals surface area contributed by atoms with E-state index in [-0.39, 0.29) is 60.3 Å². The molecule has 11 heteroatoms. The topological polar surface area (TPSA) is 83.8 Å². The number of ether oxygens (including phenoxy) is 1. The summed E-state index contributed by atoms with van der Waals surface area (Å²) in [7, 11) is 1.28. The Morgan fingerprint density at radius 3 is 2.66 bits per heavy atom. The zero-order chi connectivity index (χ0) is 22.3. The summed E-state index contributed by atoms with van der Waals surface area (Å²) in [6.45, 7) is -0.402. The highest BCUT2D eigenvalue weighted by molar-refractivity contribution is 5.97. The van der Waals surface area contributed by atoms with Gasteiger partial charge in [-0.3, -0.25) is 4.79 Å². The number of aryl methyl sites for hydroxylation is 1. The Balaban J connectivity index is 0.00000289. The van der Waals surface area contributed by atoms with Gasteiger partial charge in [0.1, 0.15) is 24.1 Å². The maximum absolute atomic E-state index is 15.2. The quantitative estimate of drug-likeness (QED) is 0.611. The van der Waals surface area contributed by atoms with Gasteiger partial charge < -0.3 is 24.6 Å². The number of hydrogen-bond acceptors (Lipinski definition) is 5. The van der Waals surface area contributed by atoms with Crippen molar-refractivity contribution in [3.63, 3.8) is 0 Å². The van der Waals surface area contributed by atoms with E-state index in [4.69, 9.17) is 4.74 Å². The average Bonchev–Trinajstić information content (AvgIpc) is 3.49. The van der Waals surface area contributed by atoms with Crippen LogP contribution in [0.1, 0.15) is 23.2 Å². The lowest BCUT2D eigenvalue weighted by Gasteiger charge is -2.24. The molecule has 1 aromatic heterocycles. The van der Waals surface area contributed by atoms with Gasteiger partial charge in [0.2, 0.25) is 5.43 Å². The minimum absolute atomic E-state index is 0. The molecule has 4 rings (SSSR count). The molecule has 2 aliphatic rings. The van der Waals surface area contributed by atoms with Gasteiger partial charge in [-0.25, -0.2) is 18.0 Å². The van der Waals surface area contributed by atoms with E-state index in [0.717, 1.165) is 25.1 Å². The van der Waals surface area contributed by atoms with E-state index in [1.165, 1.54) is 16.6 Å². The van der Waals surface area contributed by atoms with Crippen LogP contribution in [0.25, 0.3) is 10.9 Å². The number of aromatic carboxylic acids is 1. The first-order valence-electron chi connectivity index (χ1n) is 10.2. The number of nitrogens with one attached hydrogen (secondary N) is 1. The van der Waals surface area contributed by atoms with Gasteiger partial charge in [0.25, 0.3) is 0 Å². The molecule has 2 fully saturated rings. The number of anilines is 1. The Kier molecular flexibility index (Phi) is 7.24. The molecular weight excluding hydrogens is 451 g/mol. The van der Waals surface area contributed by atoms with Gasteiger partial charge in [-0.05, 0) is 18.9 Å². The maximum Gasteiger partial charge on any atom is 0.341 e. The molecule has 1 aromatic carbocycles. The van der Waals surface area contributed by atoms with Crippen LogP contribution in [0.15, 0.2) is 17.1 Å². The van der Waals surface area contributed by atoms with Crippen molar-refractivity contribution in [3.05, 3.63) is 33.9 Å². The van der Waals surface area contributed by atoms with Crippen molar-refractivity contribution in [3.8, 4) is 5.75 Å². The molecule has 0 radical (unpaired) electrons. The molecule has 0 amide bonds. The van der Waals surface area contributed by atoms with E-state index in [1.807, 2.05) is 0 Å². The predicted octanol–water partition coefficient (Wildman–Crippen LogP) is 2.77. The predicted molar refractivity (Wildman–Crippen MR) is 117 cm³/mol. The van der Waals surface area contributed by atoms with E-state index < -0.39 is 35.6 Å². The number of nitrogens with zero attached hydrogens (tertiary/aromatic N) is 2. The number of halogens is 4. The monoisotopic (exact) mass is 475 g/mol. The van der Waals surface area contributed by atoms with E-state index >= 15 is 4.39 Å². The molecule has 0 spiro atoms. The third-order valence-electron chi connectivity index (χ3n) is 5.93. The van der Waals surface area contributed by atoms with Crippen LogP contribution >= 0.6 is 12.4 Å². The van der Waals surface area contributed by atoms with Crippen LogP contribution in [0.3, 0.4) is 0 Å². The molecule has 1 saturated heterocycles. The van der Waals surface area contributed by atoms with Crippen molar-refractivity contribution in [1.29, 1.82) is 0 Å². The molecule has 1 unspecified atom stereocenters. The minimum atomic E-state index is -1.49. The molecule has 176 valence electrons. The number of methoxy groups -OCH3 is 1. The van der Waals surface area contributed by atoms with Gasteiger partial charge in [0.05, 0.1) is 24.6 Å². The van der Waals surface area contributed by atoms with Crippen molar-refractivity contribution < 1.29 is 27.8 Å². The highest BCUT2D eigenvalue weighted by Gasteiger charge is 2.37. The van der Waals surface area contributed by atoms with Gasteiger partial charge in [-0.2, -0.15) is 0 Å². The van der Waals surface area contributed by atoms with Crippen LogP contribution in [-0.2, 0) is 6.54 Å². The maximum atomic E-state index is 15.2. The number of carboxylic acids is 1. The molecule has 2 atom stereocenters. The molecule has 1 aliphatic carbocycles. The van der Waals surface area contributed by atoms with Gasteiger partial charge in [0.15, 0.2) is 11.6 Å². The number of benzene rings is 1. The van der Waals surface area contributed by atoms with Crippen molar-refractivity contribution in [2.75, 3.05) is 38.3 Å². The lowest BCUT2D eigenvalue weighted by atomic mass is 10.1. The Morgan fingerprint density at radius 1 is 1.34 bits per heavy atom. The summed E-state index contributed by atoms with van der Waals surface area (Å²) in [5.41, 5.74) is -1.41. The van der Waals surface area contributed by atoms with Gasteiger partial charge >= 0.3 is 5.97 Å². The fraction of sp³-hybridized carbons (Fsp3) is 0.524. The molecular formula is C21H25ClF3N3O4. The molecule has 2 heterocycles. The summed E-state index contributed by atoms with van der Waals surface area (Å²) in [6.07, 6.45) is 2.00. The second-order valence-electron chi connectivity index (χ2n) is 8.06. The number of pyridine rings is 1. The van der Waals surface area contributed by atoms with E-state index in [1.54, 1.807) is 0 Å². The zero-order valence-electron chi connectivity index (χ0n) is 17.4. The largest absolute Gasteiger partial charge is 0.492 e. The third kappa shape index (κ3) is 4.38. The number of carbonyl (C=O) groups is 1. The van der Waals surface area contributed by atoms with Crippen molar-refractivity contribution in [2.24, 2.45) is 5.92 Å². The van der Waals surface area contributed by atoms with E-state index in [2.05, 4.69) is 5.32 Å². The summed E-state index contributed by atoms with van der Waals surface area (Å²) in [5, 5.41) is 12.4. The molecule has 0 bridgehead atoms. The smallest absolute Gasteiger partial charge is 0.341 e. The van der Waals surface area contributed by atoms with Crippen LogP contribution in [0.5, 0.6) is 5.75 Å². The molecule has 32 heavy (non-hydrogen) atoms. The van der Waals surface area contributed by atoms with Crippen molar-refractivity contribution in [2.45, 2.75) is 31.6 Å². The number of hydrogen-bond donors (Lipinski definition) is 2. The van der Waals surface area contributed by atoms with E-state index in [0.29, 0.717) is 12.6 Å². The molecule has 2 N–H and O–H groups in total. The van der Waals surface area contributed by atoms with Crippen molar-refractivity contribution >= 4 is 35.0 Å². The first kappa shape index (κ1) is 24.2.